The minimum Gasteiger partial charge on any atom is -0.447 e. The highest BCUT2D eigenvalue weighted by atomic mass is 16.6. The lowest BCUT2D eigenvalue weighted by atomic mass is 10.0. The SMILES string of the molecule is CC(C)[C@H]1COC(=O)N1C(=O)CO[C@@H]1C=C[C@H](OCC(=O)N2C(=O)OC[C@@H]2C(C)C)C1. The molecular formula is C21H30N2O8. The predicted molar refractivity (Wildman–Crippen MR) is 107 cm³/mol. The van der Waals surface area contributed by atoms with Gasteiger partial charge in [-0.2, -0.15) is 0 Å². The van der Waals surface area contributed by atoms with Gasteiger partial charge >= 0.3 is 12.2 Å². The van der Waals surface area contributed by atoms with Gasteiger partial charge in [0.05, 0.1) is 24.3 Å². The highest BCUT2D eigenvalue weighted by Gasteiger charge is 2.41. The van der Waals surface area contributed by atoms with Gasteiger partial charge in [0.15, 0.2) is 0 Å². The van der Waals surface area contributed by atoms with Gasteiger partial charge in [0.2, 0.25) is 0 Å². The quantitative estimate of drug-likeness (QED) is 0.527. The van der Waals surface area contributed by atoms with E-state index in [2.05, 4.69) is 0 Å². The first-order chi connectivity index (χ1) is 14.7. The Morgan fingerprint density at radius 3 is 1.61 bits per heavy atom. The number of carbonyl (C=O) groups is 4. The molecule has 0 spiro atoms. The Bertz CT molecular complexity index is 690. The van der Waals surface area contributed by atoms with Crippen LogP contribution < -0.4 is 0 Å². The zero-order valence-corrected chi connectivity index (χ0v) is 18.3. The molecule has 31 heavy (non-hydrogen) atoms. The smallest absolute Gasteiger partial charge is 0.417 e. The van der Waals surface area contributed by atoms with Gasteiger partial charge in [-0.25, -0.2) is 19.4 Å². The Kier molecular flexibility index (Phi) is 7.32. The van der Waals surface area contributed by atoms with Crippen LogP contribution in [-0.2, 0) is 28.5 Å². The first kappa shape index (κ1) is 23.2. The van der Waals surface area contributed by atoms with E-state index in [9.17, 15) is 19.2 Å². The molecule has 4 amide bonds. The number of imide groups is 2. The molecule has 2 heterocycles. The summed E-state index contributed by atoms with van der Waals surface area (Å²) in [4.78, 5) is 50.8. The lowest BCUT2D eigenvalue weighted by Crippen LogP contribution is -2.44. The fourth-order valence-electron chi connectivity index (χ4n) is 3.80. The van der Waals surface area contributed by atoms with Crippen LogP contribution in [0.25, 0.3) is 0 Å². The van der Waals surface area contributed by atoms with Crippen LogP contribution in [0.3, 0.4) is 0 Å². The van der Waals surface area contributed by atoms with Gasteiger partial charge < -0.3 is 18.9 Å². The highest BCUT2D eigenvalue weighted by molar-refractivity contribution is 5.94. The van der Waals surface area contributed by atoms with Crippen molar-refractivity contribution in [1.29, 1.82) is 0 Å². The van der Waals surface area contributed by atoms with Crippen molar-refractivity contribution in [3.05, 3.63) is 12.2 Å². The Morgan fingerprint density at radius 1 is 0.871 bits per heavy atom. The molecule has 0 aromatic carbocycles. The number of carbonyl (C=O) groups excluding carboxylic acids is 4. The van der Waals surface area contributed by atoms with Crippen molar-refractivity contribution < 1.29 is 38.1 Å². The van der Waals surface area contributed by atoms with Crippen molar-refractivity contribution in [3.63, 3.8) is 0 Å². The molecule has 0 saturated carbocycles. The summed E-state index contributed by atoms with van der Waals surface area (Å²) >= 11 is 0. The number of hydrogen-bond acceptors (Lipinski definition) is 8. The van der Waals surface area contributed by atoms with Crippen molar-refractivity contribution in [1.82, 2.24) is 9.80 Å². The van der Waals surface area contributed by atoms with Gasteiger partial charge in [0.1, 0.15) is 26.4 Å². The van der Waals surface area contributed by atoms with Gasteiger partial charge in [0.25, 0.3) is 11.8 Å². The van der Waals surface area contributed by atoms with Gasteiger partial charge in [-0.15, -0.1) is 0 Å². The van der Waals surface area contributed by atoms with E-state index < -0.39 is 24.0 Å². The third-order valence-electron chi connectivity index (χ3n) is 5.74. The molecule has 0 bridgehead atoms. The van der Waals surface area contributed by atoms with E-state index in [1.807, 2.05) is 27.7 Å². The summed E-state index contributed by atoms with van der Waals surface area (Å²) in [6, 6.07) is -0.589. The Hall–Kier alpha value is -2.46. The molecule has 172 valence electrons. The van der Waals surface area contributed by atoms with E-state index in [1.165, 1.54) is 0 Å². The van der Waals surface area contributed by atoms with E-state index in [1.54, 1.807) is 12.2 Å². The summed E-state index contributed by atoms with van der Waals surface area (Å²) in [6.45, 7) is 7.55. The molecule has 2 fully saturated rings. The zero-order chi connectivity index (χ0) is 22.7. The van der Waals surface area contributed by atoms with Gasteiger partial charge in [-0.3, -0.25) is 9.59 Å². The summed E-state index contributed by atoms with van der Waals surface area (Å²) in [5, 5.41) is 0. The van der Waals surface area contributed by atoms with Crippen molar-refractivity contribution in [2.75, 3.05) is 26.4 Å². The van der Waals surface area contributed by atoms with Crippen LogP contribution in [0.5, 0.6) is 0 Å². The number of rotatable bonds is 8. The van der Waals surface area contributed by atoms with Gasteiger partial charge in [-0.1, -0.05) is 39.8 Å². The normalized spacial score (nSPS) is 28.1. The lowest BCUT2D eigenvalue weighted by molar-refractivity contribution is -0.136. The van der Waals surface area contributed by atoms with E-state index >= 15 is 0 Å². The van der Waals surface area contributed by atoms with Crippen LogP contribution in [0.4, 0.5) is 9.59 Å². The number of ether oxygens (including phenoxy) is 4. The van der Waals surface area contributed by atoms with E-state index in [-0.39, 0.29) is 62.6 Å². The van der Waals surface area contributed by atoms with Crippen molar-refractivity contribution in [2.45, 2.75) is 58.4 Å². The molecule has 0 aromatic rings. The standard InChI is InChI=1S/C21H30N2O8/c1-12(2)16-8-30-20(26)22(16)18(24)10-28-14-5-6-15(7-14)29-11-19(25)23-17(13(3)4)9-31-21(23)27/h5-6,12-17H,7-11H2,1-4H3/t14-,15+,16-,17-/m1/s1. The average molecular weight is 438 g/mol. The summed E-state index contributed by atoms with van der Waals surface area (Å²) in [5.74, 6) is -0.719. The number of amides is 4. The van der Waals surface area contributed by atoms with Crippen LogP contribution >= 0.6 is 0 Å². The molecule has 2 saturated heterocycles. The second-order valence-corrected chi connectivity index (χ2v) is 8.62. The molecule has 10 heteroatoms. The van der Waals surface area contributed by atoms with Crippen LogP contribution in [-0.4, -0.2) is 84.5 Å². The van der Waals surface area contributed by atoms with Crippen LogP contribution in [0.15, 0.2) is 12.2 Å². The van der Waals surface area contributed by atoms with E-state index in [0.29, 0.717) is 6.42 Å². The second-order valence-electron chi connectivity index (χ2n) is 8.62. The molecule has 2 aliphatic heterocycles. The monoisotopic (exact) mass is 438 g/mol. The molecule has 0 unspecified atom stereocenters. The van der Waals surface area contributed by atoms with Crippen LogP contribution in [0, 0.1) is 11.8 Å². The number of nitrogens with zero attached hydrogens (tertiary/aromatic N) is 2. The Labute approximate surface area is 181 Å². The Balaban J connectivity index is 1.42. The number of cyclic esters (lactones) is 2. The highest BCUT2D eigenvalue weighted by Crippen LogP contribution is 2.23. The minimum atomic E-state index is -0.644. The molecule has 3 rings (SSSR count). The topological polar surface area (TPSA) is 112 Å². The third kappa shape index (κ3) is 5.24. The molecule has 4 atom stereocenters. The third-order valence-corrected chi connectivity index (χ3v) is 5.74. The Morgan fingerprint density at radius 2 is 1.26 bits per heavy atom. The van der Waals surface area contributed by atoms with Gasteiger partial charge in [0, 0.05) is 6.42 Å². The first-order valence-electron chi connectivity index (χ1n) is 10.6. The summed E-state index contributed by atoms with van der Waals surface area (Å²) in [7, 11) is 0. The summed E-state index contributed by atoms with van der Waals surface area (Å²) in [6.07, 6.45) is 1.90. The molecule has 0 N–H and O–H groups in total. The maximum atomic E-state index is 12.4. The molecule has 10 nitrogen and oxygen atoms in total. The maximum absolute atomic E-state index is 12.4. The van der Waals surface area contributed by atoms with Crippen LogP contribution in [0.2, 0.25) is 0 Å². The number of hydrogen-bond donors (Lipinski definition) is 0. The summed E-state index contributed by atoms with van der Waals surface area (Å²) in [5.41, 5.74) is 0. The molecular weight excluding hydrogens is 408 g/mol. The molecule has 0 radical (unpaired) electrons. The van der Waals surface area contributed by atoms with Crippen molar-refractivity contribution in [3.8, 4) is 0 Å². The maximum Gasteiger partial charge on any atom is 0.417 e. The second kappa shape index (κ2) is 9.78. The zero-order valence-electron chi connectivity index (χ0n) is 18.3. The fraction of sp³-hybridized carbons (Fsp3) is 0.714. The summed E-state index contributed by atoms with van der Waals surface area (Å²) < 4.78 is 21.2. The molecule has 0 aromatic heterocycles. The van der Waals surface area contributed by atoms with E-state index in [4.69, 9.17) is 18.9 Å². The van der Waals surface area contributed by atoms with Crippen molar-refractivity contribution >= 4 is 24.0 Å². The molecule has 1 aliphatic carbocycles. The van der Waals surface area contributed by atoms with Gasteiger partial charge in [-0.05, 0) is 11.8 Å². The lowest BCUT2D eigenvalue weighted by Gasteiger charge is -2.23. The minimum absolute atomic E-state index is 0.0836. The van der Waals surface area contributed by atoms with E-state index in [0.717, 1.165) is 9.80 Å². The average Bonchev–Trinajstić information content (AvgIpc) is 3.42. The predicted octanol–water partition coefficient (Wildman–Crippen LogP) is 1.72. The van der Waals surface area contributed by atoms with Crippen LogP contribution in [0.1, 0.15) is 34.1 Å². The van der Waals surface area contributed by atoms with Crippen molar-refractivity contribution in [2.24, 2.45) is 11.8 Å². The molecule has 3 aliphatic rings. The fourth-order valence-corrected chi connectivity index (χ4v) is 3.80. The first-order valence-corrected chi connectivity index (χ1v) is 10.6. The largest absolute Gasteiger partial charge is 0.447 e.